The molecule has 4 heterocycles. The average Bonchev–Trinajstić information content (AvgIpc) is 3.62. The Morgan fingerprint density at radius 3 is 2.36 bits per heavy atom. The lowest BCUT2D eigenvalue weighted by atomic mass is 9.99. The van der Waals surface area contributed by atoms with E-state index in [-0.39, 0.29) is 0 Å². The summed E-state index contributed by atoms with van der Waals surface area (Å²) in [6.07, 6.45) is 0.523. The van der Waals surface area contributed by atoms with Crippen molar-refractivity contribution in [2.75, 3.05) is 0 Å². The van der Waals surface area contributed by atoms with Crippen LogP contribution in [0.3, 0.4) is 0 Å². The summed E-state index contributed by atoms with van der Waals surface area (Å²) in [6, 6.07) is 41.3. The van der Waals surface area contributed by atoms with Gasteiger partial charge in [0.1, 0.15) is 19.7 Å². The number of aromatic nitrogens is 4. The minimum atomic E-state index is -2.12. The van der Waals surface area contributed by atoms with Crippen molar-refractivity contribution >= 4 is 63.0 Å². The van der Waals surface area contributed by atoms with Crippen molar-refractivity contribution in [3.63, 3.8) is 0 Å². The summed E-state index contributed by atoms with van der Waals surface area (Å²) in [5, 5.41) is 5.14. The molecule has 1 aliphatic heterocycles. The van der Waals surface area contributed by atoms with Crippen LogP contribution in [0.5, 0.6) is 0 Å². The molecule has 8 aromatic rings. The van der Waals surface area contributed by atoms with Gasteiger partial charge in [0, 0.05) is 39.4 Å². The van der Waals surface area contributed by atoms with E-state index in [2.05, 4.69) is 76.8 Å². The molecule has 0 amide bonds. The first-order valence-corrected chi connectivity index (χ1v) is 19.7. The van der Waals surface area contributed by atoms with Gasteiger partial charge in [-0.2, -0.15) is 0 Å². The number of para-hydroxylation sites is 2. The van der Waals surface area contributed by atoms with Crippen LogP contribution in [0.2, 0.25) is 13.1 Å². The molecule has 0 saturated carbocycles. The number of benzene rings is 5. The number of alkyl halides is 1. The van der Waals surface area contributed by atoms with Gasteiger partial charge < -0.3 is 4.57 Å². The van der Waals surface area contributed by atoms with Crippen molar-refractivity contribution in [1.82, 2.24) is 19.1 Å². The second kappa shape index (κ2) is 10.5. The fourth-order valence-corrected chi connectivity index (χ4v) is 13.2. The van der Waals surface area contributed by atoms with Gasteiger partial charge in [-0.05, 0) is 70.0 Å². The Morgan fingerprint density at radius 1 is 0.723 bits per heavy atom. The zero-order valence-corrected chi connectivity index (χ0v) is 28.1. The average molecular weight is 647 g/mol. The molecule has 0 aliphatic carbocycles. The third kappa shape index (κ3) is 4.26. The first kappa shape index (κ1) is 28.3. The van der Waals surface area contributed by atoms with Crippen LogP contribution in [-0.2, 0) is 7.05 Å². The Labute approximate surface area is 277 Å². The fraction of sp³-hybridized carbons (Fsp3) is 0.100. The quantitative estimate of drug-likeness (QED) is 0.179. The molecular formula is C40H31FN4SSi. The van der Waals surface area contributed by atoms with E-state index in [1.165, 1.54) is 31.1 Å². The monoisotopic (exact) mass is 646 g/mol. The van der Waals surface area contributed by atoms with Crippen LogP contribution >= 0.6 is 11.8 Å². The number of rotatable bonds is 4. The largest absolute Gasteiger partial charge is 0.327 e. The number of hydrogen-bond donors (Lipinski definition) is 0. The molecule has 0 spiro atoms. The first-order chi connectivity index (χ1) is 22.9. The number of fused-ring (bicyclic) bond motifs is 7. The summed E-state index contributed by atoms with van der Waals surface area (Å²) in [4.78, 5) is 12.3. The van der Waals surface area contributed by atoms with Crippen molar-refractivity contribution in [3.05, 3.63) is 139 Å². The van der Waals surface area contributed by atoms with Crippen molar-refractivity contribution in [2.24, 2.45) is 7.05 Å². The number of halogens is 1. The normalized spacial score (nSPS) is 14.4. The van der Waals surface area contributed by atoms with Crippen molar-refractivity contribution in [2.45, 2.75) is 29.1 Å². The summed E-state index contributed by atoms with van der Waals surface area (Å²) >= 11 is 1.85. The minimum Gasteiger partial charge on any atom is -0.327 e. The Hall–Kier alpha value is -4.98. The maximum atomic E-state index is 16.7. The molecule has 1 aliphatic rings. The Bertz CT molecular complexity index is 2520. The van der Waals surface area contributed by atoms with E-state index in [0.29, 0.717) is 11.1 Å². The van der Waals surface area contributed by atoms with Gasteiger partial charge in [-0.15, -0.1) is 0 Å². The van der Waals surface area contributed by atoms with E-state index < -0.39 is 14.2 Å². The van der Waals surface area contributed by atoms with Crippen LogP contribution in [0.15, 0.2) is 137 Å². The van der Waals surface area contributed by atoms with Crippen LogP contribution in [-0.4, -0.2) is 27.2 Å². The standard InChI is InChI=1S/C40H31FN4SSi/c1-44-31-14-5-4-13-30(31)43-40(44)27-12-10-11-25(23-27)37(41)26-18-19-28-29-20-21-34-39(47(2,3)35-16-7-6-15-33(35)46-34)38(29)45(32(28)24-26)36-17-8-9-22-42-36/h4-24,37H,1-3H3. The lowest BCUT2D eigenvalue weighted by molar-refractivity contribution is 0.402. The SMILES string of the molecule is Cn1c(-c2cccc(C(F)c3ccc4c5ccc6c(c5n(-c5ccccn5)c4c3)[Si](C)(C)c3ccccc3S6)c2)nc2ccccc21. The van der Waals surface area contributed by atoms with Crippen LogP contribution < -0.4 is 10.4 Å². The second-order valence-corrected chi connectivity index (χ2v) is 18.2. The molecule has 1 unspecified atom stereocenters. The maximum Gasteiger partial charge on any atom is 0.150 e. The number of nitrogens with zero attached hydrogens (tertiary/aromatic N) is 4. The lowest BCUT2D eigenvalue weighted by Crippen LogP contribution is -2.56. The molecule has 1 atom stereocenters. The van der Waals surface area contributed by atoms with E-state index in [0.717, 1.165) is 39.1 Å². The van der Waals surface area contributed by atoms with Crippen molar-refractivity contribution in [3.8, 4) is 17.2 Å². The molecule has 0 radical (unpaired) electrons. The molecule has 47 heavy (non-hydrogen) atoms. The zero-order valence-electron chi connectivity index (χ0n) is 26.3. The van der Waals surface area contributed by atoms with Crippen LogP contribution in [0, 0.1) is 0 Å². The summed E-state index contributed by atoms with van der Waals surface area (Å²) in [6.45, 7) is 4.90. The van der Waals surface area contributed by atoms with E-state index in [9.17, 15) is 0 Å². The predicted octanol–water partition coefficient (Wildman–Crippen LogP) is 9.08. The van der Waals surface area contributed by atoms with Gasteiger partial charge in [-0.25, -0.2) is 14.4 Å². The smallest absolute Gasteiger partial charge is 0.150 e. The Kier molecular flexibility index (Phi) is 6.32. The van der Waals surface area contributed by atoms with E-state index in [1.54, 1.807) is 0 Å². The highest BCUT2D eigenvalue weighted by Crippen LogP contribution is 2.41. The van der Waals surface area contributed by atoms with Crippen molar-refractivity contribution < 1.29 is 4.39 Å². The summed E-state index contributed by atoms with van der Waals surface area (Å²) in [5.41, 5.74) is 6.24. The third-order valence-electron chi connectivity index (χ3n) is 9.72. The van der Waals surface area contributed by atoms with Gasteiger partial charge in [-0.1, -0.05) is 97.7 Å². The zero-order chi connectivity index (χ0) is 31.9. The first-order valence-electron chi connectivity index (χ1n) is 15.9. The highest BCUT2D eigenvalue weighted by Gasteiger charge is 2.38. The van der Waals surface area contributed by atoms with Gasteiger partial charge in [0.2, 0.25) is 0 Å². The van der Waals surface area contributed by atoms with Gasteiger partial charge in [0.05, 0.1) is 22.1 Å². The molecule has 4 nitrogen and oxygen atoms in total. The molecule has 0 bridgehead atoms. The number of aryl methyl sites for hydroxylation is 1. The second-order valence-electron chi connectivity index (χ2n) is 12.8. The summed E-state index contributed by atoms with van der Waals surface area (Å²) in [7, 11) is -0.110. The number of hydrogen-bond acceptors (Lipinski definition) is 3. The summed E-state index contributed by atoms with van der Waals surface area (Å²) in [5.74, 6) is 1.66. The molecule has 3 aromatic heterocycles. The Morgan fingerprint density at radius 2 is 1.51 bits per heavy atom. The van der Waals surface area contributed by atoms with Crippen LogP contribution in [0.1, 0.15) is 17.3 Å². The third-order valence-corrected chi connectivity index (χ3v) is 14.8. The van der Waals surface area contributed by atoms with E-state index >= 15 is 4.39 Å². The molecule has 5 aromatic carbocycles. The molecule has 0 N–H and O–H groups in total. The van der Waals surface area contributed by atoms with Crippen LogP contribution in [0.4, 0.5) is 4.39 Å². The van der Waals surface area contributed by atoms with E-state index in [1.807, 2.05) is 91.7 Å². The summed E-state index contributed by atoms with van der Waals surface area (Å²) < 4.78 is 21.0. The molecule has 0 saturated heterocycles. The lowest BCUT2D eigenvalue weighted by Gasteiger charge is -2.33. The maximum absolute atomic E-state index is 16.7. The Balaban J connectivity index is 1.23. The van der Waals surface area contributed by atoms with Gasteiger partial charge in [0.25, 0.3) is 0 Å². The molecule has 0 fully saturated rings. The predicted molar refractivity (Wildman–Crippen MR) is 195 cm³/mol. The van der Waals surface area contributed by atoms with E-state index in [4.69, 9.17) is 9.97 Å². The number of imidazole rings is 1. The topological polar surface area (TPSA) is 35.6 Å². The van der Waals surface area contributed by atoms with Gasteiger partial charge >= 0.3 is 0 Å². The number of pyridine rings is 1. The molecule has 7 heteroatoms. The fourth-order valence-electron chi connectivity index (χ4n) is 7.43. The van der Waals surface area contributed by atoms with Crippen molar-refractivity contribution in [1.29, 1.82) is 0 Å². The molecule has 228 valence electrons. The molecular weight excluding hydrogens is 616 g/mol. The molecule has 9 rings (SSSR count). The van der Waals surface area contributed by atoms with Gasteiger partial charge in [-0.3, -0.25) is 4.57 Å². The highest BCUT2D eigenvalue weighted by atomic mass is 32.2. The highest BCUT2D eigenvalue weighted by molar-refractivity contribution is 8.00. The van der Waals surface area contributed by atoms with Crippen LogP contribution in [0.25, 0.3) is 50.0 Å². The minimum absolute atomic E-state index is 0.605. The van der Waals surface area contributed by atoms with Gasteiger partial charge in [0.15, 0.2) is 6.17 Å².